The van der Waals surface area contributed by atoms with E-state index in [2.05, 4.69) is 84.4 Å². The van der Waals surface area contributed by atoms with Gasteiger partial charge in [0, 0.05) is 27.9 Å². The highest BCUT2D eigenvalue weighted by Crippen LogP contribution is 2.52. The molecule has 44 heavy (non-hydrogen) atoms. The minimum absolute atomic E-state index is 0.183. The lowest BCUT2D eigenvalue weighted by Gasteiger charge is -2.42. The number of fused-ring (bicyclic) bond motifs is 2. The molecule has 1 aliphatic rings. The number of hydrogen-bond acceptors (Lipinski definition) is 4. The zero-order valence-corrected chi connectivity index (χ0v) is 25.4. The van der Waals surface area contributed by atoms with Crippen LogP contribution < -0.4 is 20.9 Å². The molecule has 0 saturated heterocycles. The van der Waals surface area contributed by atoms with Crippen molar-refractivity contribution in [3.63, 3.8) is 0 Å². The third-order valence-corrected chi connectivity index (χ3v) is 11.5. The molecular formula is C39H30N3OP. The third-order valence-electron chi connectivity index (χ3n) is 8.58. The van der Waals surface area contributed by atoms with Crippen molar-refractivity contribution in [1.82, 2.24) is 4.98 Å². The maximum absolute atomic E-state index is 15.1. The van der Waals surface area contributed by atoms with Crippen molar-refractivity contribution < 1.29 is 4.57 Å². The summed E-state index contributed by atoms with van der Waals surface area (Å²) in [5.41, 5.74) is 8.20. The van der Waals surface area contributed by atoms with E-state index in [1.54, 1.807) is 6.20 Å². The molecule has 5 heteroatoms. The van der Waals surface area contributed by atoms with Crippen molar-refractivity contribution in [3.05, 3.63) is 162 Å². The van der Waals surface area contributed by atoms with Gasteiger partial charge in [0.1, 0.15) is 5.44 Å². The molecule has 0 amide bonds. The summed E-state index contributed by atoms with van der Waals surface area (Å²) < 4.78 is 15.1. The normalized spacial score (nSPS) is 14.5. The van der Waals surface area contributed by atoms with Gasteiger partial charge in [0.25, 0.3) is 0 Å². The highest BCUT2D eigenvalue weighted by molar-refractivity contribution is 7.85. The summed E-state index contributed by atoms with van der Waals surface area (Å²) >= 11 is 0. The maximum Gasteiger partial charge on any atom is 0.188 e. The lowest BCUT2D eigenvalue weighted by atomic mass is 9.73. The van der Waals surface area contributed by atoms with Crippen LogP contribution in [0.1, 0.15) is 30.5 Å². The van der Waals surface area contributed by atoms with Gasteiger partial charge in [-0.25, -0.2) is 0 Å². The van der Waals surface area contributed by atoms with Crippen LogP contribution in [0.25, 0.3) is 11.1 Å². The Morgan fingerprint density at radius 1 is 0.659 bits per heavy atom. The van der Waals surface area contributed by atoms with Crippen molar-refractivity contribution in [1.29, 1.82) is 5.26 Å². The van der Waals surface area contributed by atoms with Gasteiger partial charge >= 0.3 is 0 Å². The lowest BCUT2D eigenvalue weighted by molar-refractivity contribution is 0.592. The smallest absolute Gasteiger partial charge is 0.188 e. The second-order valence-corrected chi connectivity index (χ2v) is 14.3. The van der Waals surface area contributed by atoms with Crippen molar-refractivity contribution in [3.8, 4) is 17.2 Å². The molecule has 0 aliphatic carbocycles. The molecule has 1 unspecified atom stereocenters. The van der Waals surface area contributed by atoms with Gasteiger partial charge in [-0.3, -0.25) is 4.98 Å². The Kier molecular flexibility index (Phi) is 6.77. The molecule has 212 valence electrons. The summed E-state index contributed by atoms with van der Waals surface area (Å²) in [5.74, 6) is 0. The molecule has 1 aromatic heterocycles. The predicted molar refractivity (Wildman–Crippen MR) is 181 cm³/mol. The second kappa shape index (κ2) is 10.8. The first-order valence-electron chi connectivity index (χ1n) is 14.6. The van der Waals surface area contributed by atoms with Gasteiger partial charge in [-0.2, -0.15) is 5.26 Å². The largest absolute Gasteiger partial charge is 0.310 e. The molecule has 0 radical (unpaired) electrons. The number of nitriles is 1. The zero-order valence-electron chi connectivity index (χ0n) is 24.6. The minimum Gasteiger partial charge on any atom is -0.310 e. The molecule has 1 atom stereocenters. The van der Waals surface area contributed by atoms with E-state index in [4.69, 9.17) is 0 Å². The Bertz CT molecular complexity index is 2010. The highest BCUT2D eigenvalue weighted by atomic mass is 31.2. The van der Waals surface area contributed by atoms with Crippen molar-refractivity contribution >= 4 is 40.2 Å². The minimum atomic E-state index is -3.27. The van der Waals surface area contributed by atoms with E-state index in [-0.39, 0.29) is 5.41 Å². The molecule has 2 heterocycles. The van der Waals surface area contributed by atoms with Crippen LogP contribution in [0.2, 0.25) is 0 Å². The summed E-state index contributed by atoms with van der Waals surface area (Å²) in [6, 6.07) is 48.3. The fraction of sp³-hybridized carbons (Fsp3) is 0.0769. The number of rotatable bonds is 5. The SMILES string of the molecule is CC1(C)c2ccccc2N(c2cc(C#N)cc(-c3cccc(P(=O)(c4ccccc4)c4ccccn4)c3)c2)c2ccccc21. The van der Waals surface area contributed by atoms with E-state index in [1.165, 1.54) is 11.1 Å². The average Bonchev–Trinajstić information content (AvgIpc) is 3.09. The number of benzene rings is 5. The summed E-state index contributed by atoms with van der Waals surface area (Å²) in [6.45, 7) is 4.52. The fourth-order valence-corrected chi connectivity index (χ4v) is 8.95. The molecule has 5 aromatic carbocycles. The third kappa shape index (κ3) is 4.45. The molecule has 0 N–H and O–H groups in total. The first-order valence-corrected chi connectivity index (χ1v) is 16.3. The number of hydrogen-bond donors (Lipinski definition) is 0. The zero-order chi connectivity index (χ0) is 30.3. The van der Waals surface area contributed by atoms with E-state index in [9.17, 15) is 5.26 Å². The topological polar surface area (TPSA) is 57.0 Å². The number of para-hydroxylation sites is 2. The van der Waals surface area contributed by atoms with Gasteiger partial charge < -0.3 is 9.46 Å². The maximum atomic E-state index is 15.1. The predicted octanol–water partition coefficient (Wildman–Crippen LogP) is 8.37. The lowest BCUT2D eigenvalue weighted by Crippen LogP contribution is -2.30. The highest BCUT2D eigenvalue weighted by Gasteiger charge is 2.37. The molecule has 0 spiro atoms. The summed E-state index contributed by atoms with van der Waals surface area (Å²) in [6.07, 6.45) is 1.69. The van der Waals surface area contributed by atoms with E-state index >= 15 is 4.57 Å². The van der Waals surface area contributed by atoms with E-state index in [0.717, 1.165) is 33.5 Å². The Labute approximate surface area is 258 Å². The summed E-state index contributed by atoms with van der Waals surface area (Å²) in [4.78, 5) is 6.81. The standard InChI is InChI=1S/C39H30N3OP/c1-39(2)34-17-6-8-19-36(34)42(37-20-9-7-18-35(37)39)31-24-28(27-40)23-30(25-31)29-13-12-16-33(26-29)44(43,32-14-4-3-5-15-32)38-21-10-11-22-41-38/h3-26H,1-2H3. The first-order chi connectivity index (χ1) is 21.4. The molecule has 0 bridgehead atoms. The Balaban J connectivity index is 1.41. The molecular weight excluding hydrogens is 557 g/mol. The number of nitrogens with zero attached hydrogens (tertiary/aromatic N) is 3. The van der Waals surface area contributed by atoms with Crippen LogP contribution in [0, 0.1) is 11.3 Å². The van der Waals surface area contributed by atoms with Gasteiger partial charge in [-0.1, -0.05) is 105 Å². The summed E-state index contributed by atoms with van der Waals surface area (Å²) in [5, 5.41) is 11.6. The Morgan fingerprint density at radius 2 is 1.30 bits per heavy atom. The average molecular weight is 588 g/mol. The van der Waals surface area contributed by atoms with E-state index in [1.807, 2.05) is 84.9 Å². The Morgan fingerprint density at radius 3 is 1.95 bits per heavy atom. The molecule has 6 aromatic rings. The van der Waals surface area contributed by atoms with E-state index < -0.39 is 7.14 Å². The molecule has 4 nitrogen and oxygen atoms in total. The quantitative estimate of drug-likeness (QED) is 0.190. The van der Waals surface area contributed by atoms with Gasteiger partial charge in [-0.15, -0.1) is 0 Å². The van der Waals surface area contributed by atoms with Crippen molar-refractivity contribution in [2.75, 3.05) is 4.90 Å². The van der Waals surface area contributed by atoms with Crippen LogP contribution in [0.4, 0.5) is 17.1 Å². The van der Waals surface area contributed by atoms with Crippen molar-refractivity contribution in [2.24, 2.45) is 0 Å². The summed E-state index contributed by atoms with van der Waals surface area (Å²) in [7, 11) is -3.27. The molecule has 7 rings (SSSR count). The molecule has 0 saturated carbocycles. The molecule has 0 fully saturated rings. The monoisotopic (exact) mass is 587 g/mol. The van der Waals surface area contributed by atoms with Gasteiger partial charge in [0.05, 0.1) is 23.0 Å². The van der Waals surface area contributed by atoms with Crippen LogP contribution >= 0.6 is 7.14 Å². The van der Waals surface area contributed by atoms with Crippen LogP contribution in [-0.4, -0.2) is 4.98 Å². The first kappa shape index (κ1) is 27.6. The molecule has 1 aliphatic heterocycles. The number of anilines is 3. The van der Waals surface area contributed by atoms with Crippen LogP contribution in [0.3, 0.4) is 0 Å². The Hall–Kier alpha value is -5.23. The van der Waals surface area contributed by atoms with Crippen LogP contribution in [0.15, 0.2) is 146 Å². The van der Waals surface area contributed by atoms with Gasteiger partial charge in [0.2, 0.25) is 0 Å². The number of pyridine rings is 1. The van der Waals surface area contributed by atoms with E-state index in [0.29, 0.717) is 16.3 Å². The fourth-order valence-electron chi connectivity index (χ4n) is 6.39. The van der Waals surface area contributed by atoms with Crippen LogP contribution in [-0.2, 0) is 9.98 Å². The van der Waals surface area contributed by atoms with Crippen molar-refractivity contribution in [2.45, 2.75) is 19.3 Å². The van der Waals surface area contributed by atoms with Gasteiger partial charge in [0.15, 0.2) is 7.14 Å². The number of aromatic nitrogens is 1. The van der Waals surface area contributed by atoms with Gasteiger partial charge in [-0.05, 0) is 70.8 Å². The second-order valence-electron chi connectivity index (χ2n) is 11.6. The van der Waals surface area contributed by atoms with Crippen LogP contribution in [0.5, 0.6) is 0 Å².